The Balaban J connectivity index is 2.24. The van der Waals surface area contributed by atoms with Crippen molar-refractivity contribution in [3.8, 4) is 0 Å². The summed E-state index contributed by atoms with van der Waals surface area (Å²) in [7, 11) is 0. The fourth-order valence-electron chi connectivity index (χ4n) is 2.79. The first-order valence-corrected chi connectivity index (χ1v) is 8.98. The monoisotopic (exact) mass is 376 g/mol. The summed E-state index contributed by atoms with van der Waals surface area (Å²) in [4.78, 5) is 39.1. The number of nitrogens with zero attached hydrogens (tertiary/aromatic N) is 1. The van der Waals surface area contributed by atoms with Gasteiger partial charge in [0, 0.05) is 12.1 Å². The third-order valence-electron chi connectivity index (χ3n) is 3.71. The van der Waals surface area contributed by atoms with Gasteiger partial charge in [0.2, 0.25) is 0 Å². The lowest BCUT2D eigenvalue weighted by molar-refractivity contribution is -0.156. The molecule has 0 bridgehead atoms. The molecule has 0 aromatic heterocycles. The summed E-state index contributed by atoms with van der Waals surface area (Å²) >= 11 is 0. The van der Waals surface area contributed by atoms with Crippen molar-refractivity contribution in [2.75, 3.05) is 4.90 Å². The van der Waals surface area contributed by atoms with Crippen LogP contribution in [-0.4, -0.2) is 41.3 Å². The van der Waals surface area contributed by atoms with Crippen molar-refractivity contribution in [3.05, 3.63) is 30.3 Å². The number of amides is 2. The zero-order valence-electron chi connectivity index (χ0n) is 16.7. The predicted octanol–water partition coefficient (Wildman–Crippen LogP) is 3.03. The zero-order valence-corrected chi connectivity index (χ0v) is 16.7. The van der Waals surface area contributed by atoms with Crippen LogP contribution in [0.1, 0.15) is 48.0 Å². The van der Waals surface area contributed by atoms with Gasteiger partial charge in [0.05, 0.1) is 0 Å². The molecule has 1 N–H and O–H groups in total. The molecule has 1 aromatic carbocycles. The minimum absolute atomic E-state index is 0.113. The molecular formula is C20H28N2O5. The van der Waals surface area contributed by atoms with E-state index in [0.717, 1.165) is 0 Å². The van der Waals surface area contributed by atoms with Crippen LogP contribution in [0, 0.1) is 0 Å². The summed E-state index contributed by atoms with van der Waals surface area (Å²) in [6.07, 6.45) is -0.583. The third kappa shape index (κ3) is 5.70. The number of carbonyl (C=O) groups is 3. The highest BCUT2D eigenvalue weighted by atomic mass is 16.6. The first-order chi connectivity index (χ1) is 12.4. The second-order valence-corrected chi connectivity index (χ2v) is 8.53. The number of anilines is 1. The van der Waals surface area contributed by atoms with Gasteiger partial charge >= 0.3 is 12.1 Å². The van der Waals surface area contributed by atoms with Crippen LogP contribution < -0.4 is 10.2 Å². The van der Waals surface area contributed by atoms with Crippen LogP contribution in [0.2, 0.25) is 0 Å². The van der Waals surface area contributed by atoms with Crippen LogP contribution >= 0.6 is 0 Å². The van der Waals surface area contributed by atoms with E-state index >= 15 is 0 Å². The van der Waals surface area contributed by atoms with Gasteiger partial charge in [-0.3, -0.25) is 9.69 Å². The normalized spacial score (nSPS) is 20.4. The Labute approximate surface area is 160 Å². The Morgan fingerprint density at radius 2 is 1.56 bits per heavy atom. The van der Waals surface area contributed by atoms with Crippen LogP contribution in [0.3, 0.4) is 0 Å². The molecule has 27 heavy (non-hydrogen) atoms. The fourth-order valence-corrected chi connectivity index (χ4v) is 2.79. The molecule has 0 saturated carbocycles. The lowest BCUT2D eigenvalue weighted by atomic mass is 10.1. The Bertz CT molecular complexity index is 703. The van der Waals surface area contributed by atoms with Gasteiger partial charge in [-0.05, 0) is 53.7 Å². The van der Waals surface area contributed by atoms with Gasteiger partial charge in [-0.1, -0.05) is 18.2 Å². The maximum atomic E-state index is 12.9. The van der Waals surface area contributed by atoms with Crippen molar-refractivity contribution in [2.45, 2.75) is 71.2 Å². The number of carbonyl (C=O) groups excluding carboxylic acids is 3. The second-order valence-electron chi connectivity index (χ2n) is 8.53. The van der Waals surface area contributed by atoms with Crippen LogP contribution in [0.15, 0.2) is 30.3 Å². The van der Waals surface area contributed by atoms with Crippen molar-refractivity contribution < 1.29 is 23.9 Å². The molecule has 1 aliphatic heterocycles. The van der Waals surface area contributed by atoms with Crippen molar-refractivity contribution in [1.29, 1.82) is 0 Å². The molecule has 1 heterocycles. The Morgan fingerprint density at radius 3 is 2.07 bits per heavy atom. The third-order valence-corrected chi connectivity index (χ3v) is 3.71. The van der Waals surface area contributed by atoms with E-state index in [1.807, 2.05) is 6.07 Å². The number of esters is 1. The van der Waals surface area contributed by atoms with Crippen molar-refractivity contribution in [2.24, 2.45) is 0 Å². The number of benzene rings is 1. The summed E-state index contributed by atoms with van der Waals surface area (Å²) in [6, 6.07) is 7.18. The van der Waals surface area contributed by atoms with Crippen LogP contribution in [-0.2, 0) is 19.1 Å². The summed E-state index contributed by atoms with van der Waals surface area (Å²) in [5.41, 5.74) is -0.791. The highest BCUT2D eigenvalue weighted by molar-refractivity contribution is 6.06. The zero-order chi connectivity index (χ0) is 20.4. The molecule has 2 atom stereocenters. The van der Waals surface area contributed by atoms with E-state index in [-0.39, 0.29) is 12.3 Å². The fraction of sp³-hybridized carbons (Fsp3) is 0.550. The van der Waals surface area contributed by atoms with E-state index in [4.69, 9.17) is 9.47 Å². The van der Waals surface area contributed by atoms with Crippen molar-refractivity contribution >= 4 is 23.7 Å². The molecule has 2 amide bonds. The maximum absolute atomic E-state index is 12.9. The van der Waals surface area contributed by atoms with Crippen LogP contribution in [0.4, 0.5) is 10.5 Å². The summed E-state index contributed by atoms with van der Waals surface area (Å²) < 4.78 is 10.7. The average Bonchev–Trinajstić information content (AvgIpc) is 2.81. The maximum Gasteiger partial charge on any atom is 0.408 e. The van der Waals surface area contributed by atoms with Gasteiger partial charge in [0.25, 0.3) is 5.91 Å². The van der Waals surface area contributed by atoms with E-state index in [1.165, 1.54) is 4.90 Å². The lowest BCUT2D eigenvalue weighted by Crippen LogP contribution is -2.45. The molecule has 1 aromatic rings. The second kappa shape index (κ2) is 7.58. The van der Waals surface area contributed by atoms with E-state index in [9.17, 15) is 14.4 Å². The Morgan fingerprint density at radius 1 is 1.00 bits per heavy atom. The molecule has 0 unspecified atom stereocenters. The van der Waals surface area contributed by atoms with E-state index in [1.54, 1.807) is 65.8 Å². The summed E-state index contributed by atoms with van der Waals surface area (Å²) in [6.45, 7) is 10.5. The highest BCUT2D eigenvalue weighted by Crippen LogP contribution is 2.29. The minimum atomic E-state index is -0.863. The molecule has 0 radical (unpaired) electrons. The number of para-hydroxylation sites is 1. The van der Waals surface area contributed by atoms with Gasteiger partial charge in [0.1, 0.15) is 23.3 Å². The van der Waals surface area contributed by atoms with Crippen LogP contribution in [0.5, 0.6) is 0 Å². The van der Waals surface area contributed by atoms with Gasteiger partial charge in [-0.25, -0.2) is 9.59 Å². The first-order valence-electron chi connectivity index (χ1n) is 8.98. The first kappa shape index (κ1) is 20.7. The SMILES string of the molecule is CC(C)(C)OC(=O)N[C@H]1C[C@@H](C(=O)OC(C)(C)C)N(c2ccccc2)C1=O. The summed E-state index contributed by atoms with van der Waals surface area (Å²) in [5.74, 6) is -0.879. The molecule has 148 valence electrons. The van der Waals surface area contributed by atoms with Gasteiger partial charge in [-0.15, -0.1) is 0 Å². The topological polar surface area (TPSA) is 84.9 Å². The number of ether oxygens (including phenoxy) is 2. The molecule has 0 spiro atoms. The average molecular weight is 376 g/mol. The lowest BCUT2D eigenvalue weighted by Gasteiger charge is -2.27. The smallest absolute Gasteiger partial charge is 0.408 e. The molecule has 1 saturated heterocycles. The molecule has 1 fully saturated rings. The largest absolute Gasteiger partial charge is 0.458 e. The Kier molecular flexibility index (Phi) is 5.82. The molecule has 7 nitrogen and oxygen atoms in total. The molecule has 2 rings (SSSR count). The van der Waals surface area contributed by atoms with E-state index in [2.05, 4.69) is 5.32 Å². The van der Waals surface area contributed by atoms with E-state index in [0.29, 0.717) is 5.69 Å². The highest BCUT2D eigenvalue weighted by Gasteiger charge is 2.46. The number of nitrogens with one attached hydrogen (secondary N) is 1. The molecule has 1 aliphatic rings. The van der Waals surface area contributed by atoms with Gasteiger partial charge < -0.3 is 14.8 Å². The molecule has 7 heteroatoms. The quantitative estimate of drug-likeness (QED) is 0.820. The number of alkyl carbamates (subject to hydrolysis) is 1. The van der Waals surface area contributed by atoms with Gasteiger partial charge in [0.15, 0.2) is 0 Å². The van der Waals surface area contributed by atoms with Crippen molar-refractivity contribution in [3.63, 3.8) is 0 Å². The number of hydrogen-bond donors (Lipinski definition) is 1. The standard InChI is InChI=1S/C20H28N2O5/c1-19(2,3)26-17(24)15-12-14(21-18(25)27-20(4,5)6)16(23)22(15)13-10-8-7-9-11-13/h7-11,14-15H,12H2,1-6H3,(H,21,25)/t14-,15-/m0/s1. The number of hydrogen-bond acceptors (Lipinski definition) is 5. The van der Waals surface area contributed by atoms with Gasteiger partial charge in [-0.2, -0.15) is 0 Å². The van der Waals surface area contributed by atoms with Crippen LogP contribution in [0.25, 0.3) is 0 Å². The Hall–Kier alpha value is -2.57. The molecule has 0 aliphatic carbocycles. The summed E-state index contributed by atoms with van der Waals surface area (Å²) in [5, 5.41) is 2.57. The van der Waals surface area contributed by atoms with Crippen molar-refractivity contribution in [1.82, 2.24) is 5.32 Å². The minimum Gasteiger partial charge on any atom is -0.458 e. The molecular weight excluding hydrogens is 348 g/mol. The van der Waals surface area contributed by atoms with E-state index < -0.39 is 35.3 Å². The predicted molar refractivity (Wildman–Crippen MR) is 101 cm³/mol. The number of rotatable bonds is 3.